The predicted molar refractivity (Wildman–Crippen MR) is 516 cm³/mol. The van der Waals surface area contributed by atoms with Gasteiger partial charge in [-0.15, -0.1) is 11.3 Å². The normalized spacial score (nSPS) is 10.3. The Kier molecular flexibility index (Phi) is 92.8. The number of nitrogens with zero attached hydrogens (tertiary/aromatic N) is 12. The number of halogens is 3. The molecule has 0 saturated carbocycles. The fourth-order valence-electron chi connectivity index (χ4n) is 9.55. The van der Waals surface area contributed by atoms with Crippen LogP contribution in [0.25, 0.3) is 0 Å². The van der Waals surface area contributed by atoms with Crippen molar-refractivity contribution in [2.45, 2.75) is 71.1 Å². The lowest BCUT2D eigenvalue weighted by molar-refractivity contribution is -0.870. The Balaban J connectivity index is -0.000000245. The second-order valence-corrected chi connectivity index (χ2v) is 34.8. The number of benzene rings is 6. The van der Waals surface area contributed by atoms with E-state index in [-0.39, 0.29) is 68.5 Å². The van der Waals surface area contributed by atoms with Crippen molar-refractivity contribution in [2.24, 2.45) is 0 Å². The van der Waals surface area contributed by atoms with E-state index in [0.29, 0.717) is 50.4 Å². The van der Waals surface area contributed by atoms with Crippen LogP contribution in [0.2, 0.25) is 0 Å². The molecule has 0 N–H and O–H groups in total. The minimum atomic E-state index is -0.257. The van der Waals surface area contributed by atoms with E-state index in [9.17, 15) is 19.2 Å². The lowest BCUT2D eigenvalue weighted by atomic mass is 10.1. The molecular formula is C100H167Br3N12O8S. The summed E-state index contributed by atoms with van der Waals surface area (Å²) in [6, 6.07) is 67.4. The first kappa shape index (κ1) is 130. The number of hydrogen-bond donors (Lipinski definition) is 0. The van der Waals surface area contributed by atoms with Gasteiger partial charge in [0.05, 0.1) is 131 Å². The molecule has 1 heterocycles. The molecule has 7 rings (SSSR count). The molecule has 20 nitrogen and oxygen atoms in total. The summed E-state index contributed by atoms with van der Waals surface area (Å²) in [5.74, 6) is 6.94. The number of quaternary nitrogens is 3. The number of hydrogen-bond acceptors (Lipinski definition) is 18. The number of ether oxygens (including phenoxy) is 4. The zero-order chi connectivity index (χ0) is 91.8. The summed E-state index contributed by atoms with van der Waals surface area (Å²) in [4.78, 5) is 63.1. The van der Waals surface area contributed by atoms with Crippen molar-refractivity contribution in [3.05, 3.63) is 233 Å². The highest BCUT2D eigenvalue weighted by Crippen LogP contribution is 2.16. The number of esters is 1. The fraction of sp³-hybridized carbons (Fsp3) is 0.530. The van der Waals surface area contributed by atoms with Gasteiger partial charge < -0.3 is 113 Å². The number of unbranched alkanes of at least 4 members (excludes halogenated alkanes) is 4. The lowest BCUT2D eigenvalue weighted by Crippen LogP contribution is -3.00. The monoisotopic (exact) mass is 1930 g/mol. The molecule has 0 radical (unpaired) electrons. The summed E-state index contributed by atoms with van der Waals surface area (Å²) in [6.45, 7) is 17.5. The third-order valence-electron chi connectivity index (χ3n) is 16.3. The molecule has 7 aromatic rings. The van der Waals surface area contributed by atoms with E-state index in [1.165, 1.54) is 95.6 Å². The second-order valence-electron chi connectivity index (χ2n) is 33.7. The van der Waals surface area contributed by atoms with Gasteiger partial charge >= 0.3 is 5.97 Å². The topological polar surface area (TPSA) is 155 Å². The van der Waals surface area contributed by atoms with E-state index in [0.717, 1.165) is 93.0 Å². The number of carbonyl (C=O) groups excluding carboxylic acids is 4. The van der Waals surface area contributed by atoms with Gasteiger partial charge in [-0.25, -0.2) is 4.79 Å². The number of nitriles is 1. The Morgan fingerprint density at radius 3 is 1.12 bits per heavy atom. The first-order chi connectivity index (χ1) is 57.3. The van der Waals surface area contributed by atoms with Crippen LogP contribution in [0.1, 0.15) is 117 Å². The molecule has 0 saturated heterocycles. The van der Waals surface area contributed by atoms with Crippen molar-refractivity contribution in [1.82, 2.24) is 39.2 Å². The average molecular weight is 1940 g/mol. The van der Waals surface area contributed by atoms with Crippen LogP contribution < -0.4 is 55.7 Å². The van der Waals surface area contributed by atoms with E-state index >= 15 is 0 Å². The first-order valence-electron chi connectivity index (χ1n) is 42.4. The van der Waals surface area contributed by atoms with Crippen LogP contribution in [0.4, 0.5) is 0 Å². The third-order valence-corrected chi connectivity index (χ3v) is 17.4. The van der Waals surface area contributed by atoms with Gasteiger partial charge in [0.1, 0.15) is 18.6 Å². The van der Waals surface area contributed by atoms with Crippen molar-refractivity contribution >= 4 is 35.2 Å². The maximum atomic E-state index is 11.5. The molecule has 0 amide bonds. The van der Waals surface area contributed by atoms with E-state index in [4.69, 9.17) is 24.2 Å². The number of Topliss-reactive ketones (excluding diaryl/α,β-unsaturated/α-hetero) is 2. The molecule has 0 fully saturated rings. The van der Waals surface area contributed by atoms with E-state index in [1.54, 1.807) is 45.4 Å². The average Bonchev–Trinajstić information content (AvgIpc) is 1.74. The summed E-state index contributed by atoms with van der Waals surface area (Å²) < 4.78 is 23.8. The predicted octanol–water partition coefficient (Wildman–Crippen LogP) is 6.98. The summed E-state index contributed by atoms with van der Waals surface area (Å²) >= 11 is 1.45. The standard InChI is InChI=1S/C12H17NO2.C11H27N2.C11H15NO2.C11H13NOS.C11H15NO.C9H18N2O2.C9H23N2.C8H21N2.3C6H6.3BrH/c1-13(2)8-3-9-15-12-6-4-11(10-14)5-7-12;1-12(2)10-8-6-7-9-11-13(3,4)5;1-12(2)8-9-14-11(13)10-6-4-3-5-7-10;1-9(13)11-7-6-10(14-11)5-4-8-12(2)3;1-12(2)9-8-11(13)10-6-4-3-5-7-10;1-12-8-6-11(5-3-4-10)7-9-13-2;1-10(2)8-6-7-9-11(3,4)5;1-9(2)7-6-8-10(3,4)5;3*1-2-4-6-5-3-1;;;/h4-7,10H,3,8-9H2,1-2H3;6-11H2,1-5H3;3-7H,8-9H2,1-2H3;6-7H,8H2,1-3H3;3-7H,8-9H2,1-2H3;3,5-9H2,1-2H3;6-9H2,1-5H3;6-8H2,1-5H3;3*1-6H;3*1H/q;+1;;;;;2*+1;;;;;;/p-3. The van der Waals surface area contributed by atoms with Gasteiger partial charge in [0.2, 0.25) is 0 Å². The first-order valence-corrected chi connectivity index (χ1v) is 43.2. The van der Waals surface area contributed by atoms with Crippen LogP contribution in [0.15, 0.2) is 206 Å². The molecule has 0 aliphatic rings. The quantitative estimate of drug-likeness (QED) is 0.00968. The van der Waals surface area contributed by atoms with Crippen LogP contribution in [0.3, 0.4) is 0 Å². The Bertz CT molecular complexity index is 3390. The minimum absolute atomic E-state index is 0. The van der Waals surface area contributed by atoms with Gasteiger partial charge in [0.15, 0.2) is 11.6 Å². The fourth-order valence-corrected chi connectivity index (χ4v) is 10.3. The van der Waals surface area contributed by atoms with Crippen molar-refractivity contribution in [3.8, 4) is 23.7 Å². The summed E-state index contributed by atoms with van der Waals surface area (Å²) in [6.07, 6.45) is 12.4. The molecule has 0 bridgehead atoms. The Hall–Kier alpha value is -6.73. The van der Waals surface area contributed by atoms with Crippen molar-refractivity contribution in [1.29, 1.82) is 5.26 Å². The van der Waals surface area contributed by atoms with Crippen LogP contribution in [0.5, 0.6) is 5.75 Å². The van der Waals surface area contributed by atoms with Gasteiger partial charge in [-0.05, 0) is 206 Å². The van der Waals surface area contributed by atoms with Gasteiger partial charge in [-0.2, -0.15) is 5.26 Å². The molecule has 702 valence electrons. The van der Waals surface area contributed by atoms with Crippen molar-refractivity contribution < 1.29 is 103 Å². The highest BCUT2D eigenvalue weighted by Gasteiger charge is 2.10. The number of aldehydes is 1. The smallest absolute Gasteiger partial charge is 0.338 e. The van der Waals surface area contributed by atoms with E-state index in [2.05, 4.69) is 148 Å². The third kappa shape index (κ3) is 102. The number of thiophene rings is 1. The van der Waals surface area contributed by atoms with Crippen LogP contribution >= 0.6 is 11.3 Å². The summed E-state index contributed by atoms with van der Waals surface area (Å²) in [7, 11) is 52.2. The molecule has 0 aliphatic heterocycles. The number of likely N-dealkylation sites (N-methyl/N-ethyl adjacent to an activating group) is 1. The van der Waals surface area contributed by atoms with Gasteiger partial charge in [0, 0.05) is 90.4 Å². The number of ketones is 2. The Labute approximate surface area is 791 Å². The van der Waals surface area contributed by atoms with E-state index < -0.39 is 0 Å². The molecule has 6 aromatic carbocycles. The summed E-state index contributed by atoms with van der Waals surface area (Å²) in [5, 5.41) is 8.43. The van der Waals surface area contributed by atoms with E-state index in [1.807, 2.05) is 253 Å². The molecule has 24 heteroatoms. The van der Waals surface area contributed by atoms with Crippen LogP contribution in [-0.4, -0.2) is 364 Å². The number of methoxy groups -OCH3 is 2. The van der Waals surface area contributed by atoms with Crippen molar-refractivity contribution in [3.63, 3.8) is 0 Å². The molecule has 0 spiro atoms. The summed E-state index contributed by atoms with van der Waals surface area (Å²) in [5.41, 5.74) is 2.09. The Morgan fingerprint density at radius 2 is 0.758 bits per heavy atom. The van der Waals surface area contributed by atoms with Gasteiger partial charge in [-0.1, -0.05) is 176 Å². The lowest BCUT2D eigenvalue weighted by Gasteiger charge is -2.24. The Morgan fingerprint density at radius 1 is 0.395 bits per heavy atom. The second kappa shape index (κ2) is 88.3. The zero-order valence-corrected chi connectivity index (χ0v) is 87.0. The number of carbonyl (C=O) groups is 4. The molecular weight excluding hydrogens is 1770 g/mol. The maximum Gasteiger partial charge on any atom is 0.338 e. The molecule has 0 atom stereocenters. The minimum Gasteiger partial charge on any atom is -1.00 e. The SMILES string of the molecule is CC(=O)c1ccc(C#CCN(C)C)s1.CN(C)CCC(=O)c1ccccc1.CN(C)CCCCCC[N+](C)(C)C.CN(C)CCCC[N+](C)(C)C.CN(C)CCCOc1ccc(C=O)cc1.CN(C)CCC[N+](C)(C)C.CN(C)CCOC(=O)c1ccccc1.COCCN(CCC#N)CCOC.[Br-].[Br-].[Br-].c1ccccc1.c1ccccc1.c1ccccc1. The molecule has 1 aromatic heterocycles. The molecule has 124 heavy (non-hydrogen) atoms. The highest BCUT2D eigenvalue weighted by atomic mass is 79.9. The molecule has 0 aliphatic carbocycles. The zero-order valence-electron chi connectivity index (χ0n) is 81.5. The van der Waals surface area contributed by atoms with Gasteiger partial charge in [0.25, 0.3) is 0 Å². The highest BCUT2D eigenvalue weighted by molar-refractivity contribution is 7.14. The molecule has 0 unspecified atom stereocenters. The largest absolute Gasteiger partial charge is 1.00 e. The number of rotatable bonds is 40. The van der Waals surface area contributed by atoms with Crippen LogP contribution in [0, 0.1) is 23.2 Å². The van der Waals surface area contributed by atoms with Crippen LogP contribution in [-0.2, 0) is 14.2 Å². The van der Waals surface area contributed by atoms with Gasteiger partial charge in [-0.3, -0.25) is 24.2 Å². The maximum absolute atomic E-state index is 11.5. The van der Waals surface area contributed by atoms with Crippen molar-refractivity contribution in [2.75, 3.05) is 288 Å².